The van der Waals surface area contributed by atoms with Gasteiger partial charge in [-0.25, -0.2) is 0 Å². The minimum Gasteiger partial charge on any atom is -0.402 e. The molecule has 1 radical (unpaired) electrons. The highest BCUT2D eigenvalue weighted by Gasteiger charge is 1.51. The van der Waals surface area contributed by atoms with Gasteiger partial charge in [0.2, 0.25) is 0 Å². The van der Waals surface area contributed by atoms with E-state index in [2.05, 4.69) is 0 Å². The van der Waals surface area contributed by atoms with Gasteiger partial charge in [0.25, 0.3) is 0 Å². The molecule has 0 spiro atoms. The lowest BCUT2D eigenvalue weighted by atomic mass is 10.6. The zero-order valence-electron chi connectivity index (χ0n) is 2.65. The van der Waals surface area contributed by atoms with Crippen molar-refractivity contribution in [1.82, 2.24) is 0 Å². The summed E-state index contributed by atoms with van der Waals surface area (Å²) in [5, 5.41) is 0. The maximum atomic E-state index is 4.81. The summed E-state index contributed by atoms with van der Waals surface area (Å²) in [6, 6.07) is 0. The molecule has 0 aromatic rings. The zero-order valence-corrected chi connectivity index (χ0v) is 2.65. The summed E-state index contributed by atoms with van der Waals surface area (Å²) in [4.78, 5) is 0. The van der Waals surface area contributed by atoms with Crippen molar-refractivity contribution >= 4 is 0 Å². The largest absolute Gasteiger partial charge is 0.402 e. The molecule has 4 heavy (non-hydrogen) atoms. The molecular weight excluding hydrogens is 50.0 g/mol. The van der Waals surface area contributed by atoms with Gasteiger partial charge in [0.05, 0.1) is 0 Å². The topological polar surface area (TPSA) is 26.0 Å². The standard InChI is InChI=1S/C3H6N/c1-3(2)4/h1H,4H2,2H3. The van der Waals surface area contributed by atoms with Crippen LogP contribution in [0.25, 0.3) is 0 Å². The summed E-state index contributed by atoms with van der Waals surface area (Å²) in [5.74, 6) is 0. The first kappa shape index (κ1) is 3.54. The van der Waals surface area contributed by atoms with Crippen LogP contribution in [-0.2, 0) is 0 Å². The minimum absolute atomic E-state index is 0.417. The predicted molar refractivity (Wildman–Crippen MR) is 17.7 cm³/mol. The fraction of sp³-hybridized carbons (Fsp3) is 0.333. The maximum Gasteiger partial charge on any atom is 0.00495 e. The summed E-state index contributed by atoms with van der Waals surface area (Å²) in [6.07, 6.45) is 0. The van der Waals surface area contributed by atoms with Crippen molar-refractivity contribution in [2.75, 3.05) is 0 Å². The lowest BCUT2D eigenvalue weighted by Gasteiger charge is -1.68. The van der Waals surface area contributed by atoms with E-state index in [0.717, 1.165) is 0 Å². The lowest BCUT2D eigenvalue weighted by Crippen LogP contribution is -1.83. The first-order chi connectivity index (χ1) is 1.73. The van der Waals surface area contributed by atoms with E-state index in [1.807, 2.05) is 0 Å². The molecule has 2 N–H and O–H groups in total. The van der Waals surface area contributed by atoms with Crippen molar-refractivity contribution in [2.24, 2.45) is 5.73 Å². The van der Waals surface area contributed by atoms with Crippen LogP contribution in [0.4, 0.5) is 0 Å². The lowest BCUT2D eigenvalue weighted by molar-refractivity contribution is 1.33. The quantitative estimate of drug-likeness (QED) is 0.424. The van der Waals surface area contributed by atoms with Crippen LogP contribution in [0.3, 0.4) is 0 Å². The van der Waals surface area contributed by atoms with Crippen LogP contribution >= 0.6 is 0 Å². The number of hydrogen-bond acceptors (Lipinski definition) is 1. The molecule has 0 amide bonds. The molecule has 0 bridgehead atoms. The number of allylic oxidation sites excluding steroid dienone is 1. The van der Waals surface area contributed by atoms with Crippen LogP contribution in [0.5, 0.6) is 0 Å². The molecule has 0 heterocycles. The van der Waals surface area contributed by atoms with E-state index in [0.29, 0.717) is 5.70 Å². The van der Waals surface area contributed by atoms with E-state index in [1.54, 1.807) is 6.92 Å². The van der Waals surface area contributed by atoms with E-state index >= 15 is 0 Å². The van der Waals surface area contributed by atoms with Crippen LogP contribution in [0, 0.1) is 6.58 Å². The van der Waals surface area contributed by atoms with Crippen molar-refractivity contribution in [3.8, 4) is 0 Å². The molecule has 1 nitrogen and oxygen atoms in total. The molecule has 0 saturated heterocycles. The minimum atomic E-state index is 0.417. The predicted octanol–water partition coefficient (Wildman–Crippen LogP) is 0.282. The summed E-state index contributed by atoms with van der Waals surface area (Å²) < 4.78 is 0. The highest BCUT2D eigenvalue weighted by molar-refractivity contribution is 4.71. The van der Waals surface area contributed by atoms with Gasteiger partial charge in [-0.05, 0) is 13.5 Å². The Balaban J connectivity index is 2.80. The van der Waals surface area contributed by atoms with Gasteiger partial charge in [0, 0.05) is 5.70 Å². The van der Waals surface area contributed by atoms with Gasteiger partial charge in [0.15, 0.2) is 0 Å². The Morgan fingerprint density at radius 3 is 2.00 bits per heavy atom. The van der Waals surface area contributed by atoms with Gasteiger partial charge in [-0.3, -0.25) is 0 Å². The van der Waals surface area contributed by atoms with E-state index < -0.39 is 0 Å². The summed E-state index contributed by atoms with van der Waals surface area (Å²) in [7, 11) is 0. The molecule has 1 heteroatoms. The highest BCUT2D eigenvalue weighted by atomic mass is 14.5. The molecule has 0 unspecified atom stereocenters. The van der Waals surface area contributed by atoms with Crippen LogP contribution in [0.1, 0.15) is 6.92 Å². The Morgan fingerprint density at radius 1 is 2.00 bits per heavy atom. The highest BCUT2D eigenvalue weighted by Crippen LogP contribution is 1.58. The third-order valence-corrected chi connectivity index (χ3v) is 0. The van der Waals surface area contributed by atoms with Crippen molar-refractivity contribution in [1.29, 1.82) is 0 Å². The van der Waals surface area contributed by atoms with E-state index in [9.17, 15) is 0 Å². The average molecular weight is 56.1 g/mol. The SMILES string of the molecule is [CH]=C(C)N. The average Bonchev–Trinajstić information content (AvgIpc) is 0.811. The van der Waals surface area contributed by atoms with Gasteiger partial charge in [-0.15, -0.1) is 0 Å². The van der Waals surface area contributed by atoms with E-state index in [1.165, 1.54) is 0 Å². The molecule has 0 aliphatic carbocycles. The van der Waals surface area contributed by atoms with Gasteiger partial charge < -0.3 is 5.73 Å². The Morgan fingerprint density at radius 2 is 2.00 bits per heavy atom. The second-order valence-electron chi connectivity index (χ2n) is 0.744. The Bertz CT molecular complexity index is 26.3. The molecule has 0 aromatic heterocycles. The number of rotatable bonds is 0. The van der Waals surface area contributed by atoms with Crippen LogP contribution in [0.2, 0.25) is 0 Å². The van der Waals surface area contributed by atoms with Crippen molar-refractivity contribution in [3.05, 3.63) is 12.3 Å². The number of nitrogens with two attached hydrogens (primary N) is 1. The molecule has 0 rings (SSSR count). The Kier molecular flexibility index (Phi) is 0.826. The summed E-state index contributed by atoms with van der Waals surface area (Å²) >= 11 is 0. The number of hydrogen-bond donors (Lipinski definition) is 1. The molecule has 0 aliphatic heterocycles. The van der Waals surface area contributed by atoms with Gasteiger partial charge in [0.1, 0.15) is 0 Å². The van der Waals surface area contributed by atoms with Crippen molar-refractivity contribution in [3.63, 3.8) is 0 Å². The fourth-order valence-corrected chi connectivity index (χ4v) is 0. The second kappa shape index (κ2) is 0.934. The van der Waals surface area contributed by atoms with E-state index in [-0.39, 0.29) is 0 Å². The van der Waals surface area contributed by atoms with Crippen LogP contribution in [-0.4, -0.2) is 0 Å². The fourth-order valence-electron chi connectivity index (χ4n) is 0. The Labute approximate surface area is 26.1 Å². The van der Waals surface area contributed by atoms with Gasteiger partial charge in [-0.2, -0.15) is 0 Å². The molecule has 0 saturated carbocycles. The van der Waals surface area contributed by atoms with Gasteiger partial charge in [-0.1, -0.05) is 0 Å². The van der Waals surface area contributed by atoms with Crippen LogP contribution in [0.15, 0.2) is 5.70 Å². The summed E-state index contributed by atoms with van der Waals surface area (Å²) in [6.45, 7) is 6.44. The third-order valence-electron chi connectivity index (χ3n) is 0. The molecule has 0 atom stereocenters. The van der Waals surface area contributed by atoms with Gasteiger partial charge >= 0.3 is 0 Å². The monoisotopic (exact) mass is 56.1 g/mol. The van der Waals surface area contributed by atoms with Crippen molar-refractivity contribution in [2.45, 2.75) is 6.92 Å². The first-order valence-corrected chi connectivity index (χ1v) is 1.08. The second-order valence-corrected chi connectivity index (χ2v) is 0.744. The van der Waals surface area contributed by atoms with E-state index in [4.69, 9.17) is 12.3 Å². The van der Waals surface area contributed by atoms with Crippen LogP contribution < -0.4 is 5.73 Å². The molecule has 0 aliphatic rings. The molecular formula is C3H6N. The zero-order chi connectivity index (χ0) is 3.58. The maximum absolute atomic E-state index is 4.81. The summed E-state index contributed by atoms with van der Waals surface area (Å²) in [5.41, 5.74) is 5.22. The Hall–Kier alpha value is -0.460. The smallest absolute Gasteiger partial charge is 0.00495 e. The molecule has 0 aromatic carbocycles. The molecule has 23 valence electrons. The van der Waals surface area contributed by atoms with Crippen molar-refractivity contribution < 1.29 is 0 Å². The first-order valence-electron chi connectivity index (χ1n) is 1.08. The normalized spacial score (nSPS) is 6.25. The molecule has 0 fully saturated rings. The third kappa shape index (κ3) is 2.12.